The molecule has 2 fully saturated rings. The molecular weight excluding hydrogens is 333 g/mol. The van der Waals surface area contributed by atoms with Crippen molar-refractivity contribution in [3.8, 4) is 0 Å². The first-order valence-corrected chi connectivity index (χ1v) is 9.52. The molecule has 2 unspecified atom stereocenters. The van der Waals surface area contributed by atoms with Gasteiger partial charge in [-0.25, -0.2) is 4.39 Å². The summed E-state index contributed by atoms with van der Waals surface area (Å²) in [6.07, 6.45) is 1.63. The van der Waals surface area contributed by atoms with Gasteiger partial charge >= 0.3 is 0 Å². The average molecular weight is 361 g/mol. The number of piperazine rings is 1. The van der Waals surface area contributed by atoms with Gasteiger partial charge in [0.1, 0.15) is 5.82 Å². The minimum atomic E-state index is -0.242. The van der Waals surface area contributed by atoms with Gasteiger partial charge in [0.25, 0.3) is 0 Å². The third-order valence-corrected chi connectivity index (χ3v) is 5.25. The molecule has 1 heterocycles. The van der Waals surface area contributed by atoms with Crippen LogP contribution in [0.5, 0.6) is 0 Å². The lowest BCUT2D eigenvalue weighted by atomic mass is 10.1. The largest absolute Gasteiger partial charge is 0.368 e. The van der Waals surface area contributed by atoms with Gasteiger partial charge in [-0.2, -0.15) is 0 Å². The molecule has 1 saturated heterocycles. The molecule has 2 aliphatic rings. The maximum Gasteiger partial charge on any atom is 0.226 e. The lowest BCUT2D eigenvalue weighted by Crippen LogP contribution is -2.49. The van der Waals surface area contributed by atoms with Crippen molar-refractivity contribution >= 4 is 17.5 Å². The molecule has 142 valence electrons. The van der Waals surface area contributed by atoms with Gasteiger partial charge in [-0.05, 0) is 43.0 Å². The Balaban J connectivity index is 1.43. The summed E-state index contributed by atoms with van der Waals surface area (Å²) in [6, 6.07) is 6.45. The Kier molecular flexibility index (Phi) is 5.79. The van der Waals surface area contributed by atoms with E-state index in [1.54, 1.807) is 12.1 Å². The van der Waals surface area contributed by atoms with Crippen molar-refractivity contribution in [1.82, 2.24) is 10.2 Å². The second-order valence-corrected chi connectivity index (χ2v) is 7.71. The summed E-state index contributed by atoms with van der Waals surface area (Å²) in [5, 5.41) is 2.95. The summed E-state index contributed by atoms with van der Waals surface area (Å²) in [4.78, 5) is 28.8. The highest BCUT2D eigenvalue weighted by molar-refractivity contribution is 5.92. The maximum atomic E-state index is 13.0. The summed E-state index contributed by atoms with van der Waals surface area (Å²) in [5.74, 6) is 0.149. The molecule has 1 saturated carbocycles. The van der Waals surface area contributed by atoms with Crippen LogP contribution in [0, 0.1) is 23.6 Å². The third-order valence-electron chi connectivity index (χ3n) is 5.25. The van der Waals surface area contributed by atoms with E-state index in [1.165, 1.54) is 12.1 Å². The minimum absolute atomic E-state index is 0.0222. The lowest BCUT2D eigenvalue weighted by Gasteiger charge is -2.36. The van der Waals surface area contributed by atoms with E-state index >= 15 is 0 Å². The number of amides is 2. The van der Waals surface area contributed by atoms with Crippen molar-refractivity contribution in [2.75, 3.05) is 37.6 Å². The van der Waals surface area contributed by atoms with Crippen molar-refractivity contribution in [3.05, 3.63) is 30.1 Å². The molecule has 1 aromatic rings. The monoisotopic (exact) mass is 361 g/mol. The van der Waals surface area contributed by atoms with Crippen LogP contribution >= 0.6 is 0 Å². The van der Waals surface area contributed by atoms with E-state index in [2.05, 4.69) is 24.1 Å². The molecule has 2 amide bonds. The molecule has 1 aliphatic carbocycles. The number of carbonyl (C=O) groups excluding carboxylic acids is 2. The smallest absolute Gasteiger partial charge is 0.226 e. The number of rotatable bonds is 6. The second kappa shape index (κ2) is 8.06. The van der Waals surface area contributed by atoms with Crippen LogP contribution < -0.4 is 10.2 Å². The van der Waals surface area contributed by atoms with E-state index in [1.807, 2.05) is 4.90 Å². The fraction of sp³-hybridized carbons (Fsp3) is 0.600. The van der Waals surface area contributed by atoms with Crippen molar-refractivity contribution in [2.45, 2.75) is 26.7 Å². The number of carbonyl (C=O) groups is 2. The quantitative estimate of drug-likeness (QED) is 0.846. The van der Waals surface area contributed by atoms with Gasteiger partial charge in [0, 0.05) is 38.4 Å². The third kappa shape index (κ3) is 4.54. The zero-order valence-corrected chi connectivity index (χ0v) is 15.6. The highest BCUT2D eigenvalue weighted by atomic mass is 19.1. The van der Waals surface area contributed by atoms with E-state index in [0.717, 1.165) is 25.2 Å². The number of hydrogen-bond acceptors (Lipinski definition) is 3. The van der Waals surface area contributed by atoms with Gasteiger partial charge in [0.05, 0.1) is 11.8 Å². The SMILES string of the molecule is CC(C)CCNC(=O)C1CC1C(=O)N1CCN(c2ccc(F)cc2)CC1. The molecule has 1 aromatic carbocycles. The van der Waals surface area contributed by atoms with Crippen LogP contribution in [0.4, 0.5) is 10.1 Å². The van der Waals surface area contributed by atoms with E-state index in [-0.39, 0.29) is 29.5 Å². The summed E-state index contributed by atoms with van der Waals surface area (Å²) in [5.41, 5.74) is 0.979. The van der Waals surface area contributed by atoms with E-state index in [9.17, 15) is 14.0 Å². The van der Waals surface area contributed by atoms with Gasteiger partial charge in [-0.3, -0.25) is 9.59 Å². The van der Waals surface area contributed by atoms with Gasteiger partial charge in [-0.15, -0.1) is 0 Å². The van der Waals surface area contributed by atoms with Crippen molar-refractivity contribution in [2.24, 2.45) is 17.8 Å². The number of nitrogens with one attached hydrogen (secondary N) is 1. The van der Waals surface area contributed by atoms with Crippen LogP contribution in [0.3, 0.4) is 0 Å². The Morgan fingerprint density at radius 3 is 2.38 bits per heavy atom. The Bertz CT molecular complexity index is 639. The van der Waals surface area contributed by atoms with Gasteiger partial charge in [0.15, 0.2) is 0 Å². The van der Waals surface area contributed by atoms with Gasteiger partial charge < -0.3 is 15.1 Å². The molecule has 0 spiro atoms. The molecule has 5 nitrogen and oxygen atoms in total. The van der Waals surface area contributed by atoms with Gasteiger partial charge in [-0.1, -0.05) is 13.8 Å². The van der Waals surface area contributed by atoms with E-state index in [4.69, 9.17) is 0 Å². The zero-order chi connectivity index (χ0) is 18.7. The Labute approximate surface area is 154 Å². The highest BCUT2D eigenvalue weighted by Gasteiger charge is 2.49. The number of nitrogens with zero attached hydrogens (tertiary/aromatic N) is 2. The number of anilines is 1. The standard InChI is InChI=1S/C20H28FN3O2/c1-14(2)7-8-22-19(25)17-13-18(17)20(26)24-11-9-23(10-12-24)16-5-3-15(21)4-6-16/h3-6,14,17-18H,7-13H2,1-2H3,(H,22,25). The predicted molar refractivity (Wildman–Crippen MR) is 99.3 cm³/mol. The first-order valence-electron chi connectivity index (χ1n) is 9.52. The topological polar surface area (TPSA) is 52.7 Å². The number of benzene rings is 1. The zero-order valence-electron chi connectivity index (χ0n) is 15.6. The Morgan fingerprint density at radius 2 is 1.77 bits per heavy atom. The van der Waals surface area contributed by atoms with Crippen LogP contribution in [0.1, 0.15) is 26.7 Å². The fourth-order valence-electron chi connectivity index (χ4n) is 3.44. The van der Waals surface area contributed by atoms with Crippen LogP contribution in [-0.2, 0) is 9.59 Å². The lowest BCUT2D eigenvalue weighted by molar-refractivity contribution is -0.135. The maximum absolute atomic E-state index is 13.0. The van der Waals surface area contributed by atoms with E-state index in [0.29, 0.717) is 32.0 Å². The minimum Gasteiger partial charge on any atom is -0.368 e. The van der Waals surface area contributed by atoms with Crippen LogP contribution in [0.25, 0.3) is 0 Å². The molecule has 2 atom stereocenters. The molecule has 0 radical (unpaired) electrons. The molecule has 1 aliphatic heterocycles. The fourth-order valence-corrected chi connectivity index (χ4v) is 3.44. The summed E-state index contributed by atoms with van der Waals surface area (Å²) < 4.78 is 13.0. The number of halogens is 1. The van der Waals surface area contributed by atoms with E-state index < -0.39 is 0 Å². The van der Waals surface area contributed by atoms with Crippen LogP contribution in [0.15, 0.2) is 24.3 Å². The molecular formula is C20H28FN3O2. The molecule has 0 bridgehead atoms. The first-order chi connectivity index (χ1) is 12.5. The Morgan fingerprint density at radius 1 is 1.12 bits per heavy atom. The van der Waals surface area contributed by atoms with Crippen molar-refractivity contribution in [1.29, 1.82) is 0 Å². The summed E-state index contributed by atoms with van der Waals surface area (Å²) in [6.45, 7) is 7.69. The number of hydrogen-bond donors (Lipinski definition) is 1. The first kappa shape index (κ1) is 18.7. The molecule has 6 heteroatoms. The van der Waals surface area contributed by atoms with Crippen molar-refractivity contribution < 1.29 is 14.0 Å². The molecule has 1 N–H and O–H groups in total. The summed E-state index contributed by atoms with van der Waals surface area (Å²) >= 11 is 0. The molecule has 26 heavy (non-hydrogen) atoms. The predicted octanol–water partition coefficient (Wildman–Crippen LogP) is 2.27. The second-order valence-electron chi connectivity index (χ2n) is 7.71. The van der Waals surface area contributed by atoms with Crippen molar-refractivity contribution in [3.63, 3.8) is 0 Å². The average Bonchev–Trinajstić information content (AvgIpc) is 3.42. The van der Waals surface area contributed by atoms with Crippen LogP contribution in [0.2, 0.25) is 0 Å². The molecule has 3 rings (SSSR count). The van der Waals surface area contributed by atoms with Crippen LogP contribution in [-0.4, -0.2) is 49.4 Å². The summed E-state index contributed by atoms with van der Waals surface area (Å²) in [7, 11) is 0. The normalized spacial score (nSPS) is 22.5. The Hall–Kier alpha value is -2.11. The van der Waals surface area contributed by atoms with Gasteiger partial charge in [0.2, 0.25) is 11.8 Å². The highest BCUT2D eigenvalue weighted by Crippen LogP contribution is 2.40. The molecule has 0 aromatic heterocycles.